The predicted molar refractivity (Wildman–Crippen MR) is 74.3 cm³/mol. The number of hydrogen-bond acceptors (Lipinski definition) is 4. The van der Waals surface area contributed by atoms with Gasteiger partial charge in [0, 0.05) is 12.6 Å². The van der Waals surface area contributed by atoms with Gasteiger partial charge < -0.3 is 9.84 Å². The summed E-state index contributed by atoms with van der Waals surface area (Å²) in [7, 11) is -2.40. The zero-order chi connectivity index (χ0) is 15.3. The average Bonchev–Trinajstić information content (AvgIpc) is 2.37. The average molecular weight is 301 g/mol. The summed E-state index contributed by atoms with van der Waals surface area (Å²) in [5.74, 6) is -0.792. The fourth-order valence-electron chi connectivity index (χ4n) is 1.82. The van der Waals surface area contributed by atoms with Crippen molar-refractivity contribution in [3.05, 3.63) is 24.3 Å². The molecule has 0 fully saturated rings. The molecule has 0 aliphatic carbocycles. The van der Waals surface area contributed by atoms with Crippen LogP contribution in [-0.2, 0) is 14.8 Å². The molecule has 20 heavy (non-hydrogen) atoms. The first kappa shape index (κ1) is 16.5. The molecule has 1 N–H and O–H groups in total. The maximum atomic E-state index is 12.6. The number of carboxylic acid groups (broad SMARTS) is 1. The molecule has 0 aliphatic heterocycles. The van der Waals surface area contributed by atoms with Crippen LogP contribution in [0, 0.1) is 0 Å². The maximum Gasteiger partial charge on any atom is 0.304 e. The van der Waals surface area contributed by atoms with Gasteiger partial charge in [0.1, 0.15) is 10.6 Å². The van der Waals surface area contributed by atoms with Crippen LogP contribution in [0.3, 0.4) is 0 Å². The number of aliphatic carboxylic acids is 1. The van der Waals surface area contributed by atoms with Gasteiger partial charge >= 0.3 is 5.97 Å². The van der Waals surface area contributed by atoms with Crippen LogP contribution < -0.4 is 4.74 Å². The molecule has 0 bridgehead atoms. The Kier molecular flexibility index (Phi) is 5.52. The molecule has 0 saturated heterocycles. The number of benzene rings is 1. The molecule has 0 heterocycles. The van der Waals surface area contributed by atoms with E-state index in [0.717, 1.165) is 0 Å². The van der Waals surface area contributed by atoms with Gasteiger partial charge in [-0.1, -0.05) is 12.1 Å². The number of para-hydroxylation sites is 1. The standard InChI is InChI=1S/C13H19NO5S/c1-10(2)14(9-8-13(15)16)20(17,18)12-7-5-4-6-11(12)19-3/h4-7,10H,8-9H2,1-3H3,(H,15,16). The third-order valence-electron chi connectivity index (χ3n) is 2.78. The van der Waals surface area contributed by atoms with Crippen molar-refractivity contribution in [1.82, 2.24) is 4.31 Å². The van der Waals surface area contributed by atoms with E-state index in [0.29, 0.717) is 0 Å². The molecule has 0 spiro atoms. The monoisotopic (exact) mass is 301 g/mol. The van der Waals surface area contributed by atoms with Gasteiger partial charge in [0.2, 0.25) is 10.0 Å². The van der Waals surface area contributed by atoms with Crippen molar-refractivity contribution in [2.45, 2.75) is 31.2 Å². The van der Waals surface area contributed by atoms with Crippen LogP contribution in [0.1, 0.15) is 20.3 Å². The Morgan fingerprint density at radius 2 is 1.95 bits per heavy atom. The predicted octanol–water partition coefficient (Wildman–Crippen LogP) is 1.57. The van der Waals surface area contributed by atoms with Gasteiger partial charge in [0.25, 0.3) is 0 Å². The first-order valence-corrected chi connectivity index (χ1v) is 7.61. The van der Waals surface area contributed by atoms with E-state index in [1.54, 1.807) is 32.0 Å². The molecule has 7 heteroatoms. The van der Waals surface area contributed by atoms with Crippen LogP contribution >= 0.6 is 0 Å². The van der Waals surface area contributed by atoms with Gasteiger partial charge in [-0.15, -0.1) is 0 Å². The molecule has 0 atom stereocenters. The molecular weight excluding hydrogens is 282 g/mol. The van der Waals surface area contributed by atoms with Crippen LogP contribution in [0.15, 0.2) is 29.2 Å². The number of rotatable bonds is 7. The Balaban J connectivity index is 3.19. The second-order valence-electron chi connectivity index (χ2n) is 4.50. The zero-order valence-electron chi connectivity index (χ0n) is 11.7. The molecule has 112 valence electrons. The van der Waals surface area contributed by atoms with Crippen molar-refractivity contribution in [2.75, 3.05) is 13.7 Å². The van der Waals surface area contributed by atoms with Gasteiger partial charge in [-0.25, -0.2) is 8.42 Å². The lowest BCUT2D eigenvalue weighted by Crippen LogP contribution is -2.38. The normalized spacial score (nSPS) is 11.8. The summed E-state index contributed by atoms with van der Waals surface area (Å²) in [5.41, 5.74) is 0. The van der Waals surface area contributed by atoms with E-state index in [4.69, 9.17) is 9.84 Å². The Morgan fingerprint density at radius 1 is 1.35 bits per heavy atom. The third kappa shape index (κ3) is 3.71. The lowest BCUT2D eigenvalue weighted by Gasteiger charge is -2.26. The molecule has 0 aliphatic rings. The Morgan fingerprint density at radius 3 is 2.45 bits per heavy atom. The first-order chi connectivity index (χ1) is 9.30. The minimum atomic E-state index is -3.79. The van der Waals surface area contributed by atoms with Gasteiger partial charge in [-0.2, -0.15) is 4.31 Å². The minimum absolute atomic E-state index is 0.0431. The molecule has 0 unspecified atom stereocenters. The Labute approximate surface area is 119 Å². The van der Waals surface area contributed by atoms with Crippen LogP contribution in [0.25, 0.3) is 0 Å². The number of carboxylic acids is 1. The number of methoxy groups -OCH3 is 1. The van der Waals surface area contributed by atoms with Crippen LogP contribution in [-0.4, -0.2) is 43.5 Å². The molecular formula is C13H19NO5S. The third-order valence-corrected chi connectivity index (χ3v) is 4.89. The summed E-state index contributed by atoms with van der Waals surface area (Å²) in [6.07, 6.45) is -0.243. The van der Waals surface area contributed by atoms with E-state index >= 15 is 0 Å². The molecule has 1 aromatic carbocycles. The van der Waals surface area contributed by atoms with Gasteiger partial charge in [0.15, 0.2) is 0 Å². The summed E-state index contributed by atoms with van der Waals surface area (Å²) in [6, 6.07) is 5.94. The fraction of sp³-hybridized carbons (Fsp3) is 0.462. The quantitative estimate of drug-likeness (QED) is 0.826. The molecule has 0 aromatic heterocycles. The summed E-state index contributed by atoms with van der Waals surface area (Å²) in [4.78, 5) is 10.7. The number of nitrogens with zero attached hydrogens (tertiary/aromatic N) is 1. The van der Waals surface area contributed by atoms with E-state index in [-0.39, 0.29) is 29.7 Å². The number of sulfonamides is 1. The van der Waals surface area contributed by atoms with Crippen LogP contribution in [0.5, 0.6) is 5.75 Å². The van der Waals surface area contributed by atoms with Gasteiger partial charge in [-0.05, 0) is 26.0 Å². The second-order valence-corrected chi connectivity index (χ2v) is 6.36. The SMILES string of the molecule is COc1ccccc1S(=O)(=O)N(CCC(=O)O)C(C)C. The molecule has 1 rings (SSSR count). The number of hydrogen-bond donors (Lipinski definition) is 1. The van der Waals surface area contributed by atoms with Crippen molar-refractivity contribution in [3.63, 3.8) is 0 Å². The van der Waals surface area contributed by atoms with Gasteiger partial charge in [-0.3, -0.25) is 4.79 Å². The highest BCUT2D eigenvalue weighted by Crippen LogP contribution is 2.27. The van der Waals surface area contributed by atoms with Crippen molar-refractivity contribution in [2.24, 2.45) is 0 Å². The fourth-order valence-corrected chi connectivity index (χ4v) is 3.62. The first-order valence-electron chi connectivity index (χ1n) is 6.17. The van der Waals surface area contributed by atoms with E-state index in [9.17, 15) is 13.2 Å². The van der Waals surface area contributed by atoms with Crippen molar-refractivity contribution < 1.29 is 23.1 Å². The highest BCUT2D eigenvalue weighted by atomic mass is 32.2. The molecule has 0 radical (unpaired) electrons. The highest BCUT2D eigenvalue weighted by Gasteiger charge is 2.29. The lowest BCUT2D eigenvalue weighted by atomic mass is 10.3. The van der Waals surface area contributed by atoms with Crippen molar-refractivity contribution in [3.8, 4) is 5.75 Å². The number of carbonyl (C=O) groups is 1. The Hall–Kier alpha value is -1.60. The summed E-state index contributed by atoms with van der Waals surface area (Å²) in [5, 5.41) is 8.74. The van der Waals surface area contributed by atoms with E-state index < -0.39 is 16.0 Å². The maximum absolute atomic E-state index is 12.6. The topological polar surface area (TPSA) is 83.9 Å². The van der Waals surface area contributed by atoms with Crippen molar-refractivity contribution in [1.29, 1.82) is 0 Å². The Bertz CT molecular complexity index is 568. The zero-order valence-corrected chi connectivity index (χ0v) is 12.6. The minimum Gasteiger partial charge on any atom is -0.495 e. The van der Waals surface area contributed by atoms with Gasteiger partial charge in [0.05, 0.1) is 13.5 Å². The van der Waals surface area contributed by atoms with E-state index in [1.807, 2.05) is 0 Å². The van der Waals surface area contributed by atoms with Crippen LogP contribution in [0.2, 0.25) is 0 Å². The summed E-state index contributed by atoms with van der Waals surface area (Å²) < 4.78 is 31.5. The van der Waals surface area contributed by atoms with E-state index in [2.05, 4.69) is 0 Å². The van der Waals surface area contributed by atoms with Crippen molar-refractivity contribution >= 4 is 16.0 Å². The second kappa shape index (κ2) is 6.71. The largest absolute Gasteiger partial charge is 0.495 e. The molecule has 0 saturated carbocycles. The number of ether oxygens (including phenoxy) is 1. The van der Waals surface area contributed by atoms with Crippen LogP contribution in [0.4, 0.5) is 0 Å². The summed E-state index contributed by atoms with van der Waals surface area (Å²) in [6.45, 7) is 3.33. The van der Waals surface area contributed by atoms with E-state index in [1.165, 1.54) is 17.5 Å². The summed E-state index contributed by atoms with van der Waals surface area (Å²) >= 11 is 0. The molecule has 1 aromatic rings. The lowest BCUT2D eigenvalue weighted by molar-refractivity contribution is -0.137. The molecule has 0 amide bonds. The molecule has 6 nitrogen and oxygen atoms in total. The smallest absolute Gasteiger partial charge is 0.304 e. The highest BCUT2D eigenvalue weighted by molar-refractivity contribution is 7.89.